The van der Waals surface area contributed by atoms with E-state index in [0.29, 0.717) is 32.1 Å². The van der Waals surface area contributed by atoms with Crippen LogP contribution in [0.4, 0.5) is 11.6 Å². The van der Waals surface area contributed by atoms with Crippen LogP contribution in [0.3, 0.4) is 0 Å². The molecule has 3 rings (SSSR count). The smallest absolute Gasteiger partial charge is 0.378 e. The molecule has 0 saturated carbocycles. The summed E-state index contributed by atoms with van der Waals surface area (Å²) in [7, 11) is 0. The van der Waals surface area contributed by atoms with Gasteiger partial charge in [-0.1, -0.05) is 0 Å². The molecule has 0 aliphatic carbocycles. The van der Waals surface area contributed by atoms with Gasteiger partial charge in [0.1, 0.15) is 11.3 Å². The Hall–Kier alpha value is -2.56. The normalized spacial score (nSPS) is 15.7. The second kappa shape index (κ2) is 4.61. The van der Waals surface area contributed by atoms with Crippen molar-refractivity contribution >= 4 is 11.6 Å². The van der Waals surface area contributed by atoms with Gasteiger partial charge >= 0.3 is 5.82 Å². The number of nitro groups is 1. The standard InChI is InChI=1S/C8H9N7O4/c16-15(17)6-5-14(12-9-6)8-7(10-19-11-8)13-1-3-18-4-2-13/h5H,1-4H2. The van der Waals surface area contributed by atoms with Gasteiger partial charge < -0.3 is 19.8 Å². The highest BCUT2D eigenvalue weighted by Crippen LogP contribution is 2.21. The minimum absolute atomic E-state index is 0.266. The van der Waals surface area contributed by atoms with E-state index in [-0.39, 0.29) is 11.6 Å². The van der Waals surface area contributed by atoms with Crippen LogP contribution in [0.1, 0.15) is 0 Å². The Morgan fingerprint density at radius 3 is 2.68 bits per heavy atom. The number of hydrogen-bond donors (Lipinski definition) is 0. The third kappa shape index (κ3) is 2.10. The van der Waals surface area contributed by atoms with Crippen molar-refractivity contribution in [3.05, 3.63) is 16.3 Å². The highest BCUT2D eigenvalue weighted by molar-refractivity contribution is 5.51. The maximum absolute atomic E-state index is 10.6. The van der Waals surface area contributed by atoms with Gasteiger partial charge in [-0.2, -0.15) is 4.68 Å². The van der Waals surface area contributed by atoms with Gasteiger partial charge in [-0.15, -0.1) is 0 Å². The molecule has 100 valence electrons. The molecule has 0 unspecified atom stereocenters. The van der Waals surface area contributed by atoms with Gasteiger partial charge in [-0.05, 0) is 15.2 Å². The molecule has 0 spiro atoms. The molecule has 0 N–H and O–H groups in total. The number of aromatic nitrogens is 5. The molecule has 19 heavy (non-hydrogen) atoms. The largest absolute Gasteiger partial charge is 0.411 e. The van der Waals surface area contributed by atoms with Crippen LogP contribution in [-0.2, 0) is 4.74 Å². The summed E-state index contributed by atoms with van der Waals surface area (Å²) >= 11 is 0. The van der Waals surface area contributed by atoms with Gasteiger partial charge in [0.15, 0.2) is 0 Å². The molecule has 0 amide bonds. The van der Waals surface area contributed by atoms with Crippen molar-refractivity contribution in [1.82, 2.24) is 25.3 Å². The Bertz CT molecular complexity index is 587. The van der Waals surface area contributed by atoms with Crippen molar-refractivity contribution in [2.45, 2.75) is 0 Å². The summed E-state index contributed by atoms with van der Waals surface area (Å²) in [6.45, 7) is 2.42. The lowest BCUT2D eigenvalue weighted by Gasteiger charge is -2.26. The molecule has 3 heterocycles. The molecule has 0 bridgehead atoms. The van der Waals surface area contributed by atoms with Crippen molar-refractivity contribution in [1.29, 1.82) is 0 Å². The van der Waals surface area contributed by atoms with E-state index >= 15 is 0 Å². The van der Waals surface area contributed by atoms with Gasteiger partial charge in [0.2, 0.25) is 11.6 Å². The Morgan fingerprint density at radius 1 is 1.26 bits per heavy atom. The zero-order valence-corrected chi connectivity index (χ0v) is 9.67. The van der Waals surface area contributed by atoms with E-state index in [1.54, 1.807) is 0 Å². The average Bonchev–Trinajstić information content (AvgIpc) is 3.08. The summed E-state index contributed by atoms with van der Waals surface area (Å²) in [6.07, 6.45) is 1.16. The number of morpholine rings is 1. The number of rotatable bonds is 3. The van der Waals surface area contributed by atoms with E-state index in [1.165, 1.54) is 4.68 Å². The van der Waals surface area contributed by atoms with E-state index in [0.717, 1.165) is 6.20 Å². The summed E-state index contributed by atoms with van der Waals surface area (Å²) in [5, 5.41) is 25.1. The van der Waals surface area contributed by atoms with Crippen molar-refractivity contribution < 1.29 is 14.3 Å². The molecule has 1 aliphatic rings. The van der Waals surface area contributed by atoms with Crippen molar-refractivity contribution in [2.75, 3.05) is 31.2 Å². The Labute approximate surface area is 105 Å². The van der Waals surface area contributed by atoms with Crippen LogP contribution in [0.15, 0.2) is 10.8 Å². The number of anilines is 1. The SMILES string of the molecule is O=[N+]([O-])c1cn(-c2nonc2N2CCOCC2)nn1. The predicted octanol–water partition coefficient (Wildman–Crippen LogP) is -0.605. The molecule has 0 radical (unpaired) electrons. The fourth-order valence-electron chi connectivity index (χ4n) is 1.74. The summed E-state index contributed by atoms with van der Waals surface area (Å²) in [4.78, 5) is 11.8. The summed E-state index contributed by atoms with van der Waals surface area (Å²) in [5.41, 5.74) is 0. The second-order valence-electron chi connectivity index (χ2n) is 3.79. The highest BCUT2D eigenvalue weighted by atomic mass is 16.6. The Morgan fingerprint density at radius 2 is 2.00 bits per heavy atom. The molecular weight excluding hydrogens is 258 g/mol. The molecule has 0 aromatic carbocycles. The van der Waals surface area contributed by atoms with Gasteiger partial charge in [0, 0.05) is 13.1 Å². The lowest BCUT2D eigenvalue weighted by atomic mass is 10.4. The lowest BCUT2D eigenvalue weighted by Crippen LogP contribution is -2.37. The zero-order chi connectivity index (χ0) is 13.2. The topological polar surface area (TPSA) is 125 Å². The van der Waals surface area contributed by atoms with E-state index in [2.05, 4.69) is 25.3 Å². The predicted molar refractivity (Wildman–Crippen MR) is 58.9 cm³/mol. The molecular formula is C8H9N7O4. The third-order valence-electron chi connectivity index (χ3n) is 2.65. The monoisotopic (exact) mass is 267 g/mol. The van der Waals surface area contributed by atoms with Crippen LogP contribution in [0.25, 0.3) is 5.82 Å². The van der Waals surface area contributed by atoms with E-state index in [4.69, 9.17) is 4.74 Å². The minimum Gasteiger partial charge on any atom is -0.378 e. The molecule has 2 aromatic rings. The fraction of sp³-hybridized carbons (Fsp3) is 0.500. The number of ether oxygens (including phenoxy) is 1. The molecule has 11 heteroatoms. The molecule has 1 aliphatic heterocycles. The first-order chi connectivity index (χ1) is 9.25. The van der Waals surface area contributed by atoms with Crippen LogP contribution in [0, 0.1) is 10.1 Å². The molecule has 11 nitrogen and oxygen atoms in total. The van der Waals surface area contributed by atoms with Gasteiger partial charge in [-0.3, -0.25) is 0 Å². The third-order valence-corrected chi connectivity index (χ3v) is 2.65. The van der Waals surface area contributed by atoms with Crippen molar-refractivity contribution in [3.8, 4) is 5.82 Å². The Kier molecular flexibility index (Phi) is 2.79. The lowest BCUT2D eigenvalue weighted by molar-refractivity contribution is -0.389. The summed E-state index contributed by atoms with van der Waals surface area (Å²) < 4.78 is 11.1. The second-order valence-corrected chi connectivity index (χ2v) is 3.79. The highest BCUT2D eigenvalue weighted by Gasteiger charge is 2.24. The summed E-state index contributed by atoms with van der Waals surface area (Å²) in [6, 6.07) is 0. The van der Waals surface area contributed by atoms with Crippen molar-refractivity contribution in [3.63, 3.8) is 0 Å². The average molecular weight is 267 g/mol. The first-order valence-corrected chi connectivity index (χ1v) is 5.48. The maximum Gasteiger partial charge on any atom is 0.411 e. The quantitative estimate of drug-likeness (QED) is 0.528. The Balaban J connectivity index is 1.91. The zero-order valence-electron chi connectivity index (χ0n) is 9.67. The van der Waals surface area contributed by atoms with E-state index in [9.17, 15) is 10.1 Å². The molecule has 0 atom stereocenters. The van der Waals surface area contributed by atoms with E-state index < -0.39 is 4.92 Å². The van der Waals surface area contributed by atoms with Gasteiger partial charge in [0.25, 0.3) is 0 Å². The molecule has 2 aromatic heterocycles. The summed E-state index contributed by atoms with van der Waals surface area (Å²) in [5.74, 6) is 0.363. The minimum atomic E-state index is -0.634. The molecule has 1 saturated heterocycles. The van der Waals surface area contributed by atoms with Crippen molar-refractivity contribution in [2.24, 2.45) is 0 Å². The van der Waals surface area contributed by atoms with E-state index in [1.807, 2.05) is 4.90 Å². The maximum atomic E-state index is 10.6. The van der Waals surface area contributed by atoms with Crippen LogP contribution in [0.2, 0.25) is 0 Å². The van der Waals surface area contributed by atoms with Crippen LogP contribution in [0.5, 0.6) is 0 Å². The number of hydrogen-bond acceptors (Lipinski definition) is 9. The first-order valence-electron chi connectivity index (χ1n) is 5.48. The molecule has 1 fully saturated rings. The van der Waals surface area contributed by atoms with Gasteiger partial charge in [-0.25, -0.2) is 4.63 Å². The number of nitrogens with zero attached hydrogens (tertiary/aromatic N) is 7. The first kappa shape index (κ1) is 11.5. The van der Waals surface area contributed by atoms with Gasteiger partial charge in [0.05, 0.1) is 18.4 Å². The fourth-order valence-corrected chi connectivity index (χ4v) is 1.74. The van der Waals surface area contributed by atoms with Crippen LogP contribution >= 0.6 is 0 Å². The van der Waals surface area contributed by atoms with Crippen LogP contribution in [-0.4, -0.2) is 56.5 Å². The van der Waals surface area contributed by atoms with Crippen LogP contribution < -0.4 is 4.90 Å².